The van der Waals surface area contributed by atoms with Gasteiger partial charge in [0.1, 0.15) is 0 Å². The molecule has 0 spiro atoms. The van der Waals surface area contributed by atoms with Crippen molar-refractivity contribution in [2.24, 2.45) is 11.7 Å². The summed E-state index contributed by atoms with van der Waals surface area (Å²) >= 11 is 0. The highest BCUT2D eigenvalue weighted by atomic mass is 14.6. The highest BCUT2D eigenvalue weighted by Crippen LogP contribution is 2.23. The fourth-order valence-corrected chi connectivity index (χ4v) is 1.95. The maximum atomic E-state index is 6.16. The van der Waals surface area contributed by atoms with E-state index in [9.17, 15) is 0 Å². The van der Waals surface area contributed by atoms with E-state index in [0.717, 1.165) is 5.92 Å². The number of allylic oxidation sites excluding steroid dienone is 1. The predicted molar refractivity (Wildman–Crippen MR) is 58.6 cm³/mol. The lowest BCUT2D eigenvalue weighted by Crippen LogP contribution is -2.26. The first-order valence-corrected chi connectivity index (χ1v) is 5.68. The Balaban J connectivity index is 2.37. The van der Waals surface area contributed by atoms with Gasteiger partial charge in [0.2, 0.25) is 0 Å². The number of hydrogen-bond donors (Lipinski definition) is 1. The molecule has 13 heavy (non-hydrogen) atoms. The van der Waals surface area contributed by atoms with Crippen molar-refractivity contribution < 1.29 is 0 Å². The van der Waals surface area contributed by atoms with Gasteiger partial charge in [0.25, 0.3) is 0 Å². The quantitative estimate of drug-likeness (QED) is 0.662. The fraction of sp³-hybridized carbons (Fsp3) is 0.833. The van der Waals surface area contributed by atoms with Crippen molar-refractivity contribution >= 4 is 0 Å². The molecule has 2 N–H and O–H groups in total. The van der Waals surface area contributed by atoms with Crippen LogP contribution in [0.1, 0.15) is 52.4 Å². The SMILES string of the molecule is CCC(C)CC(N)C1=CCCCC1. The van der Waals surface area contributed by atoms with Gasteiger partial charge in [-0.3, -0.25) is 0 Å². The van der Waals surface area contributed by atoms with Crippen LogP contribution in [0.5, 0.6) is 0 Å². The minimum Gasteiger partial charge on any atom is -0.324 e. The van der Waals surface area contributed by atoms with Gasteiger partial charge in [-0.05, 0) is 38.0 Å². The molecule has 0 amide bonds. The van der Waals surface area contributed by atoms with Crippen molar-refractivity contribution in [1.82, 2.24) is 0 Å². The third-order valence-electron chi connectivity index (χ3n) is 3.16. The zero-order valence-corrected chi connectivity index (χ0v) is 9.05. The van der Waals surface area contributed by atoms with Gasteiger partial charge in [0.15, 0.2) is 0 Å². The van der Waals surface area contributed by atoms with Gasteiger partial charge < -0.3 is 5.73 Å². The molecule has 1 heteroatoms. The zero-order valence-electron chi connectivity index (χ0n) is 9.05. The molecular formula is C12H23N. The molecule has 1 aliphatic rings. The average molecular weight is 181 g/mol. The Morgan fingerprint density at radius 3 is 2.77 bits per heavy atom. The van der Waals surface area contributed by atoms with E-state index in [4.69, 9.17) is 5.73 Å². The molecule has 76 valence electrons. The Hall–Kier alpha value is -0.300. The summed E-state index contributed by atoms with van der Waals surface area (Å²) in [6.07, 6.45) is 10.0. The van der Waals surface area contributed by atoms with Crippen molar-refractivity contribution in [2.45, 2.75) is 58.4 Å². The highest BCUT2D eigenvalue weighted by molar-refractivity contribution is 5.12. The largest absolute Gasteiger partial charge is 0.324 e. The Bertz CT molecular complexity index is 172. The molecule has 0 saturated carbocycles. The molecule has 0 radical (unpaired) electrons. The van der Waals surface area contributed by atoms with E-state index in [1.165, 1.54) is 44.1 Å². The molecule has 1 rings (SSSR count). The normalized spacial score (nSPS) is 22.2. The monoisotopic (exact) mass is 181 g/mol. The Morgan fingerprint density at radius 2 is 2.23 bits per heavy atom. The minimum atomic E-state index is 0.343. The van der Waals surface area contributed by atoms with Crippen LogP contribution in [0.15, 0.2) is 11.6 Å². The van der Waals surface area contributed by atoms with E-state index >= 15 is 0 Å². The van der Waals surface area contributed by atoms with E-state index in [2.05, 4.69) is 19.9 Å². The Labute approximate surface area is 82.4 Å². The van der Waals surface area contributed by atoms with Crippen molar-refractivity contribution in [1.29, 1.82) is 0 Å². The van der Waals surface area contributed by atoms with Crippen molar-refractivity contribution in [3.63, 3.8) is 0 Å². The topological polar surface area (TPSA) is 26.0 Å². The maximum absolute atomic E-state index is 6.16. The van der Waals surface area contributed by atoms with Gasteiger partial charge in [0, 0.05) is 6.04 Å². The molecule has 0 fully saturated rings. The van der Waals surface area contributed by atoms with E-state index in [1.54, 1.807) is 0 Å². The van der Waals surface area contributed by atoms with Gasteiger partial charge in [0.05, 0.1) is 0 Å². The lowest BCUT2D eigenvalue weighted by molar-refractivity contribution is 0.466. The van der Waals surface area contributed by atoms with E-state index in [0.29, 0.717) is 6.04 Å². The van der Waals surface area contributed by atoms with Crippen molar-refractivity contribution in [2.75, 3.05) is 0 Å². The first-order valence-electron chi connectivity index (χ1n) is 5.68. The van der Waals surface area contributed by atoms with Crippen molar-refractivity contribution in [3.05, 3.63) is 11.6 Å². The van der Waals surface area contributed by atoms with Crippen LogP contribution in [0.25, 0.3) is 0 Å². The van der Waals surface area contributed by atoms with Crippen LogP contribution in [0.3, 0.4) is 0 Å². The van der Waals surface area contributed by atoms with E-state index in [-0.39, 0.29) is 0 Å². The van der Waals surface area contributed by atoms with Crippen LogP contribution in [-0.4, -0.2) is 6.04 Å². The van der Waals surface area contributed by atoms with Gasteiger partial charge in [-0.15, -0.1) is 0 Å². The summed E-state index contributed by atoms with van der Waals surface area (Å²) in [5.41, 5.74) is 7.68. The maximum Gasteiger partial charge on any atom is 0.0256 e. The summed E-state index contributed by atoms with van der Waals surface area (Å²) in [5.74, 6) is 0.776. The Kier molecular flexibility index (Phi) is 4.51. The molecule has 0 aliphatic heterocycles. The molecule has 0 aromatic rings. The molecule has 0 aromatic heterocycles. The van der Waals surface area contributed by atoms with Gasteiger partial charge in [-0.25, -0.2) is 0 Å². The number of rotatable bonds is 4. The van der Waals surface area contributed by atoms with Crippen LogP contribution in [0.2, 0.25) is 0 Å². The molecule has 1 aliphatic carbocycles. The molecule has 0 bridgehead atoms. The molecule has 0 aromatic carbocycles. The smallest absolute Gasteiger partial charge is 0.0256 e. The van der Waals surface area contributed by atoms with Crippen LogP contribution in [-0.2, 0) is 0 Å². The third kappa shape index (κ3) is 3.51. The Morgan fingerprint density at radius 1 is 1.46 bits per heavy atom. The predicted octanol–water partition coefficient (Wildman–Crippen LogP) is 3.25. The summed E-state index contributed by atoms with van der Waals surface area (Å²) in [6, 6.07) is 0.343. The first kappa shape index (κ1) is 10.8. The van der Waals surface area contributed by atoms with Gasteiger partial charge in [-0.2, -0.15) is 0 Å². The van der Waals surface area contributed by atoms with Crippen LogP contribution in [0.4, 0.5) is 0 Å². The van der Waals surface area contributed by atoms with Crippen LogP contribution < -0.4 is 5.73 Å². The first-order chi connectivity index (χ1) is 6.24. The molecular weight excluding hydrogens is 158 g/mol. The molecule has 0 saturated heterocycles. The average Bonchev–Trinajstić information content (AvgIpc) is 2.19. The summed E-state index contributed by atoms with van der Waals surface area (Å²) in [6.45, 7) is 4.54. The zero-order chi connectivity index (χ0) is 9.68. The lowest BCUT2D eigenvalue weighted by atomic mass is 9.89. The second-order valence-corrected chi connectivity index (χ2v) is 4.38. The van der Waals surface area contributed by atoms with E-state index in [1.807, 2.05) is 0 Å². The standard InChI is InChI=1S/C12H23N/c1-3-10(2)9-12(13)11-7-5-4-6-8-11/h7,10,12H,3-6,8-9,13H2,1-2H3. The number of hydrogen-bond acceptors (Lipinski definition) is 1. The summed E-state index contributed by atoms with van der Waals surface area (Å²) in [7, 11) is 0. The van der Waals surface area contributed by atoms with Crippen molar-refractivity contribution in [3.8, 4) is 0 Å². The lowest BCUT2D eigenvalue weighted by Gasteiger charge is -2.21. The highest BCUT2D eigenvalue weighted by Gasteiger charge is 2.13. The van der Waals surface area contributed by atoms with E-state index < -0.39 is 0 Å². The number of nitrogens with two attached hydrogens (primary N) is 1. The molecule has 2 atom stereocenters. The summed E-state index contributed by atoms with van der Waals surface area (Å²) in [4.78, 5) is 0. The molecule has 1 nitrogen and oxygen atoms in total. The minimum absolute atomic E-state index is 0.343. The third-order valence-corrected chi connectivity index (χ3v) is 3.16. The van der Waals surface area contributed by atoms with Gasteiger partial charge in [-0.1, -0.05) is 31.9 Å². The molecule has 0 heterocycles. The second-order valence-electron chi connectivity index (χ2n) is 4.38. The van der Waals surface area contributed by atoms with Crippen LogP contribution >= 0.6 is 0 Å². The summed E-state index contributed by atoms with van der Waals surface area (Å²) in [5, 5.41) is 0. The fourth-order valence-electron chi connectivity index (χ4n) is 1.95. The van der Waals surface area contributed by atoms with Crippen LogP contribution in [0, 0.1) is 5.92 Å². The van der Waals surface area contributed by atoms with Gasteiger partial charge >= 0.3 is 0 Å². The summed E-state index contributed by atoms with van der Waals surface area (Å²) < 4.78 is 0. The molecule has 2 unspecified atom stereocenters. The second kappa shape index (κ2) is 5.43.